The van der Waals surface area contributed by atoms with Gasteiger partial charge in [-0.1, -0.05) is 49.3 Å². The molecular weight excluding hydrogens is 316 g/mol. The van der Waals surface area contributed by atoms with Gasteiger partial charge in [-0.3, -0.25) is 4.79 Å². The highest BCUT2D eigenvalue weighted by Crippen LogP contribution is 2.05. The summed E-state index contributed by atoms with van der Waals surface area (Å²) in [7, 11) is 0. The number of nitrogens with two attached hydrogens (primary N) is 1. The van der Waals surface area contributed by atoms with Gasteiger partial charge in [-0.15, -0.1) is 12.4 Å². The second kappa shape index (κ2) is 9.27. The highest BCUT2D eigenvalue weighted by molar-refractivity contribution is 5.85. The van der Waals surface area contributed by atoms with E-state index in [1.165, 1.54) is 5.56 Å². The predicted octanol–water partition coefficient (Wildman–Crippen LogP) is 1.88. The summed E-state index contributed by atoms with van der Waals surface area (Å²) in [6, 6.07) is 9.60. The van der Waals surface area contributed by atoms with Gasteiger partial charge in [-0.05, 0) is 17.9 Å². The molecule has 6 nitrogen and oxygen atoms in total. The van der Waals surface area contributed by atoms with Gasteiger partial charge in [0.2, 0.25) is 11.8 Å². The van der Waals surface area contributed by atoms with E-state index in [2.05, 4.69) is 27.6 Å². The minimum Gasteiger partial charge on any atom is -0.346 e. The van der Waals surface area contributed by atoms with E-state index in [0.29, 0.717) is 18.1 Å². The van der Waals surface area contributed by atoms with Crippen LogP contribution in [0.2, 0.25) is 0 Å². The number of nitrogens with one attached hydrogen (secondary N) is 1. The van der Waals surface area contributed by atoms with E-state index in [-0.39, 0.29) is 30.8 Å². The second-order valence-electron chi connectivity index (χ2n) is 5.58. The summed E-state index contributed by atoms with van der Waals surface area (Å²) in [6.07, 6.45) is 1.55. The molecule has 0 bridgehead atoms. The van der Waals surface area contributed by atoms with Gasteiger partial charge in [0.25, 0.3) is 0 Å². The van der Waals surface area contributed by atoms with Crippen molar-refractivity contribution in [2.24, 2.45) is 11.7 Å². The lowest BCUT2D eigenvalue weighted by Crippen LogP contribution is -2.43. The third-order valence-electron chi connectivity index (χ3n) is 3.43. The Balaban J connectivity index is 0.00000264. The minimum absolute atomic E-state index is 0. The standard InChI is InChI=1S/C16H22N4O2.ClH/c1-11(2)15(17)16(21)18-10-14-19-13(20-22-14)9-8-12-6-4-3-5-7-12;/h3-7,11,15H,8-10,17H2,1-2H3,(H,18,21);1H/t15-;/m0./s1. The van der Waals surface area contributed by atoms with E-state index in [4.69, 9.17) is 10.3 Å². The fraction of sp³-hybridized carbons (Fsp3) is 0.438. The summed E-state index contributed by atoms with van der Waals surface area (Å²) in [5.74, 6) is 0.914. The Kier molecular flexibility index (Phi) is 7.71. The van der Waals surface area contributed by atoms with Crippen LogP contribution in [0.15, 0.2) is 34.9 Å². The van der Waals surface area contributed by atoms with Crippen molar-refractivity contribution in [3.05, 3.63) is 47.6 Å². The minimum atomic E-state index is -0.527. The number of aryl methyl sites for hydroxylation is 2. The highest BCUT2D eigenvalue weighted by Gasteiger charge is 2.17. The summed E-state index contributed by atoms with van der Waals surface area (Å²) in [5.41, 5.74) is 6.99. The SMILES string of the molecule is CC(C)[C@H](N)C(=O)NCc1nc(CCc2ccccc2)no1.Cl. The van der Waals surface area contributed by atoms with Gasteiger partial charge in [0, 0.05) is 6.42 Å². The largest absolute Gasteiger partial charge is 0.346 e. The molecule has 1 aromatic carbocycles. The van der Waals surface area contributed by atoms with Gasteiger partial charge in [0.05, 0.1) is 12.6 Å². The number of nitrogens with zero attached hydrogens (tertiary/aromatic N) is 2. The maximum absolute atomic E-state index is 11.7. The molecule has 2 aromatic rings. The van der Waals surface area contributed by atoms with Gasteiger partial charge in [0.15, 0.2) is 5.82 Å². The van der Waals surface area contributed by atoms with Crippen LogP contribution in [0.25, 0.3) is 0 Å². The monoisotopic (exact) mass is 338 g/mol. The van der Waals surface area contributed by atoms with Crippen LogP contribution in [0.5, 0.6) is 0 Å². The van der Waals surface area contributed by atoms with E-state index < -0.39 is 6.04 Å². The average molecular weight is 339 g/mol. The molecule has 7 heteroatoms. The molecule has 3 N–H and O–H groups in total. The summed E-state index contributed by atoms with van der Waals surface area (Å²) < 4.78 is 5.13. The number of hydrogen-bond acceptors (Lipinski definition) is 5. The first-order valence-corrected chi connectivity index (χ1v) is 7.45. The molecule has 0 saturated heterocycles. The predicted molar refractivity (Wildman–Crippen MR) is 90.1 cm³/mol. The molecule has 0 aliphatic rings. The summed E-state index contributed by atoms with van der Waals surface area (Å²) >= 11 is 0. The first kappa shape index (κ1) is 19.1. The maximum atomic E-state index is 11.7. The van der Waals surface area contributed by atoms with Crippen LogP contribution in [0.4, 0.5) is 0 Å². The van der Waals surface area contributed by atoms with Crippen LogP contribution >= 0.6 is 12.4 Å². The number of halogens is 1. The Labute approximate surface area is 142 Å². The van der Waals surface area contributed by atoms with Crippen molar-refractivity contribution >= 4 is 18.3 Å². The Bertz CT molecular complexity index is 601. The van der Waals surface area contributed by atoms with Crippen LogP contribution in [-0.4, -0.2) is 22.1 Å². The molecule has 1 atom stereocenters. The Morgan fingerprint density at radius 2 is 1.96 bits per heavy atom. The molecule has 0 saturated carbocycles. The molecule has 0 fully saturated rings. The number of carbonyl (C=O) groups is 1. The molecule has 23 heavy (non-hydrogen) atoms. The van der Waals surface area contributed by atoms with Gasteiger partial charge in [0.1, 0.15) is 0 Å². The van der Waals surface area contributed by atoms with Crippen LogP contribution < -0.4 is 11.1 Å². The Morgan fingerprint density at radius 1 is 1.26 bits per heavy atom. The molecule has 1 heterocycles. The van der Waals surface area contributed by atoms with Gasteiger partial charge < -0.3 is 15.6 Å². The fourth-order valence-electron chi connectivity index (χ4n) is 1.95. The van der Waals surface area contributed by atoms with Crippen molar-refractivity contribution in [2.45, 2.75) is 39.3 Å². The quantitative estimate of drug-likeness (QED) is 0.803. The molecule has 0 unspecified atom stereocenters. The lowest BCUT2D eigenvalue weighted by molar-refractivity contribution is -0.123. The number of hydrogen-bond donors (Lipinski definition) is 2. The van der Waals surface area contributed by atoms with Crippen LogP contribution in [0.3, 0.4) is 0 Å². The van der Waals surface area contributed by atoms with Crippen molar-refractivity contribution in [1.82, 2.24) is 15.5 Å². The van der Waals surface area contributed by atoms with Crippen molar-refractivity contribution in [3.63, 3.8) is 0 Å². The number of benzene rings is 1. The van der Waals surface area contributed by atoms with E-state index in [1.54, 1.807) is 0 Å². The lowest BCUT2D eigenvalue weighted by atomic mass is 10.1. The zero-order valence-electron chi connectivity index (χ0n) is 13.4. The molecule has 0 radical (unpaired) electrons. The molecule has 0 aliphatic heterocycles. The molecule has 1 aromatic heterocycles. The first-order valence-electron chi connectivity index (χ1n) is 7.45. The van der Waals surface area contributed by atoms with Crippen LogP contribution in [-0.2, 0) is 24.2 Å². The van der Waals surface area contributed by atoms with Crippen molar-refractivity contribution in [1.29, 1.82) is 0 Å². The second-order valence-corrected chi connectivity index (χ2v) is 5.58. The third kappa shape index (κ3) is 6.00. The van der Waals surface area contributed by atoms with Gasteiger partial charge in [-0.25, -0.2) is 0 Å². The van der Waals surface area contributed by atoms with Crippen LogP contribution in [0, 0.1) is 5.92 Å². The zero-order valence-corrected chi connectivity index (χ0v) is 14.2. The van der Waals surface area contributed by atoms with Crippen molar-refractivity contribution < 1.29 is 9.32 Å². The summed E-state index contributed by atoms with van der Waals surface area (Å²) in [6.45, 7) is 4.01. The molecule has 2 rings (SSSR count). The van der Waals surface area contributed by atoms with E-state index >= 15 is 0 Å². The highest BCUT2D eigenvalue weighted by atomic mass is 35.5. The lowest BCUT2D eigenvalue weighted by Gasteiger charge is -2.14. The van der Waals surface area contributed by atoms with Gasteiger partial charge >= 0.3 is 0 Å². The Hall–Kier alpha value is -1.92. The van der Waals surface area contributed by atoms with E-state index in [9.17, 15) is 4.79 Å². The fourth-order valence-corrected chi connectivity index (χ4v) is 1.95. The number of aromatic nitrogens is 2. The van der Waals surface area contributed by atoms with Crippen molar-refractivity contribution in [2.75, 3.05) is 0 Å². The van der Waals surface area contributed by atoms with E-state index in [1.807, 2.05) is 32.0 Å². The van der Waals surface area contributed by atoms with Crippen LogP contribution in [0.1, 0.15) is 31.1 Å². The molecular formula is C16H23ClN4O2. The zero-order chi connectivity index (χ0) is 15.9. The molecule has 1 amide bonds. The third-order valence-corrected chi connectivity index (χ3v) is 3.43. The summed E-state index contributed by atoms with van der Waals surface area (Å²) in [5, 5.41) is 6.63. The molecule has 0 spiro atoms. The molecule has 0 aliphatic carbocycles. The average Bonchev–Trinajstić information content (AvgIpc) is 2.98. The molecule has 126 valence electrons. The first-order chi connectivity index (χ1) is 10.6. The topological polar surface area (TPSA) is 94.0 Å². The number of rotatable bonds is 7. The smallest absolute Gasteiger partial charge is 0.246 e. The Morgan fingerprint density at radius 3 is 2.61 bits per heavy atom. The maximum Gasteiger partial charge on any atom is 0.246 e. The summed E-state index contributed by atoms with van der Waals surface area (Å²) in [4.78, 5) is 16.0. The van der Waals surface area contributed by atoms with E-state index in [0.717, 1.165) is 6.42 Å². The number of amides is 1. The normalized spacial score (nSPS) is 11.8. The van der Waals surface area contributed by atoms with Crippen molar-refractivity contribution in [3.8, 4) is 0 Å². The number of carbonyl (C=O) groups excluding carboxylic acids is 1. The van der Waals surface area contributed by atoms with Gasteiger partial charge in [-0.2, -0.15) is 4.98 Å².